The van der Waals surface area contributed by atoms with Crippen LogP contribution in [0.25, 0.3) is 21.9 Å². The predicted molar refractivity (Wildman–Crippen MR) is 139 cm³/mol. The van der Waals surface area contributed by atoms with Gasteiger partial charge in [0.1, 0.15) is 28.9 Å². The van der Waals surface area contributed by atoms with Gasteiger partial charge in [-0.1, -0.05) is 0 Å². The fourth-order valence-corrected chi connectivity index (χ4v) is 5.23. The van der Waals surface area contributed by atoms with Crippen LogP contribution in [0, 0.1) is 17.2 Å². The van der Waals surface area contributed by atoms with E-state index in [1.807, 2.05) is 0 Å². The van der Waals surface area contributed by atoms with Crippen molar-refractivity contribution >= 4 is 46.0 Å². The van der Waals surface area contributed by atoms with Crippen LogP contribution in [0.15, 0.2) is 34.1 Å². The van der Waals surface area contributed by atoms with Crippen molar-refractivity contribution in [3.63, 3.8) is 0 Å². The fraction of sp³-hybridized carbons (Fsp3) is 0.440. The summed E-state index contributed by atoms with van der Waals surface area (Å²) in [6.07, 6.45) is 4.90. The van der Waals surface area contributed by atoms with Crippen LogP contribution < -0.4 is 20.7 Å². The van der Waals surface area contributed by atoms with E-state index in [4.69, 9.17) is 15.5 Å². The van der Waals surface area contributed by atoms with E-state index in [1.165, 1.54) is 18.6 Å². The number of aromatic nitrogens is 3. The van der Waals surface area contributed by atoms with Crippen LogP contribution in [0.2, 0.25) is 0 Å². The standard InChI is InChI=1S/C25H31FN8O/c1-14(13-30-15(2)28-3)35-24-32-22-20(18-9-17(26)10-19(29-4)21(18)31-22)23(33-24)34-7-5-25(6-8-34)11-16(25)12-27/h9-10,13,16,29H,3,5-8,11-12,27H2,1-2,4H3,(H,31,32,33)/b14-13+,30-15-. The van der Waals surface area contributed by atoms with Crippen molar-refractivity contribution in [3.05, 3.63) is 29.9 Å². The Labute approximate surface area is 203 Å². The third kappa shape index (κ3) is 4.22. The van der Waals surface area contributed by atoms with Crippen LogP contribution in [0.4, 0.5) is 15.9 Å². The highest BCUT2D eigenvalue weighted by Gasteiger charge is 2.53. The smallest absolute Gasteiger partial charge is 0.325 e. The molecule has 4 N–H and O–H groups in total. The number of benzene rings is 1. The second kappa shape index (κ2) is 8.92. The lowest BCUT2D eigenvalue weighted by molar-refractivity contribution is 0.349. The first-order chi connectivity index (χ1) is 16.9. The molecule has 1 saturated heterocycles. The van der Waals surface area contributed by atoms with Crippen molar-refractivity contribution in [2.24, 2.45) is 27.1 Å². The molecule has 2 aliphatic rings. The normalized spacial score (nSPS) is 20.0. The molecule has 1 aromatic carbocycles. The second-order valence-corrected chi connectivity index (χ2v) is 9.47. The van der Waals surface area contributed by atoms with Crippen LogP contribution >= 0.6 is 0 Å². The summed E-state index contributed by atoms with van der Waals surface area (Å²) in [5, 5.41) is 4.59. The number of piperidine rings is 1. The number of rotatable bonds is 6. The largest absolute Gasteiger partial charge is 0.427 e. The highest BCUT2D eigenvalue weighted by molar-refractivity contribution is 6.14. The average Bonchev–Trinajstić information content (AvgIpc) is 3.41. The lowest BCUT2D eigenvalue weighted by atomic mass is 9.90. The Balaban J connectivity index is 1.59. The number of nitrogens with zero attached hydrogens (tertiary/aromatic N) is 5. The van der Waals surface area contributed by atoms with Gasteiger partial charge in [0.15, 0.2) is 0 Å². The van der Waals surface area contributed by atoms with E-state index in [0.29, 0.717) is 34.3 Å². The number of hydrogen-bond donors (Lipinski definition) is 3. The maximum atomic E-state index is 14.5. The number of fused-ring (bicyclic) bond motifs is 3. The fourth-order valence-electron chi connectivity index (χ4n) is 5.23. The summed E-state index contributed by atoms with van der Waals surface area (Å²) in [6, 6.07) is 3.20. The molecular weight excluding hydrogens is 447 g/mol. The molecule has 10 heteroatoms. The van der Waals surface area contributed by atoms with Crippen molar-refractivity contribution < 1.29 is 9.13 Å². The summed E-state index contributed by atoms with van der Waals surface area (Å²) in [5.41, 5.74) is 8.35. The molecule has 2 aromatic heterocycles. The Morgan fingerprint density at radius 1 is 1.37 bits per heavy atom. The molecule has 1 unspecified atom stereocenters. The Bertz CT molecular complexity index is 1350. The molecule has 1 aliphatic heterocycles. The van der Waals surface area contributed by atoms with Crippen LogP contribution in [0.1, 0.15) is 33.1 Å². The number of hydrogen-bond acceptors (Lipinski definition) is 7. The molecular formula is C25H31FN8O. The number of nitrogens with two attached hydrogens (primary N) is 1. The van der Waals surface area contributed by atoms with Gasteiger partial charge < -0.3 is 25.7 Å². The molecule has 3 aromatic rings. The van der Waals surface area contributed by atoms with Gasteiger partial charge in [0.25, 0.3) is 0 Å². The maximum Gasteiger partial charge on any atom is 0.325 e. The highest BCUT2D eigenvalue weighted by atomic mass is 19.1. The number of aliphatic imine (C=N–C) groups is 2. The van der Waals surface area contributed by atoms with E-state index in [2.05, 4.69) is 36.9 Å². The van der Waals surface area contributed by atoms with E-state index in [1.54, 1.807) is 27.1 Å². The van der Waals surface area contributed by atoms with E-state index < -0.39 is 0 Å². The van der Waals surface area contributed by atoms with E-state index in [-0.39, 0.29) is 11.8 Å². The van der Waals surface area contributed by atoms with E-state index >= 15 is 0 Å². The molecule has 1 aliphatic carbocycles. The first kappa shape index (κ1) is 23.2. The van der Waals surface area contributed by atoms with Crippen molar-refractivity contribution in [2.75, 3.05) is 36.9 Å². The summed E-state index contributed by atoms with van der Waals surface area (Å²) in [7, 11) is 1.77. The molecule has 0 radical (unpaired) electrons. The quantitative estimate of drug-likeness (QED) is 0.278. The van der Waals surface area contributed by atoms with Gasteiger partial charge in [0, 0.05) is 25.5 Å². The number of aromatic amines is 1. The Morgan fingerprint density at radius 3 is 2.80 bits per heavy atom. The number of allylic oxidation sites excluding steroid dienone is 1. The number of halogens is 1. The number of nitrogens with one attached hydrogen (secondary N) is 2. The SMILES string of the molecule is C=N/C(C)=N\C=C(/C)Oc1nc(N2CCC3(CC2)CC3CN)c2c(n1)[nH]c1c(NC)cc(F)cc12. The minimum absolute atomic E-state index is 0.199. The Hall–Kier alpha value is -3.53. The molecule has 9 nitrogen and oxygen atoms in total. The topological polar surface area (TPSA) is 117 Å². The van der Waals surface area contributed by atoms with Crippen molar-refractivity contribution in [1.82, 2.24) is 15.0 Å². The summed E-state index contributed by atoms with van der Waals surface area (Å²) < 4.78 is 20.4. The van der Waals surface area contributed by atoms with Gasteiger partial charge in [-0.05, 0) is 69.8 Å². The lowest BCUT2D eigenvalue weighted by Crippen LogP contribution is -2.36. The summed E-state index contributed by atoms with van der Waals surface area (Å²) in [4.78, 5) is 23.0. The monoisotopic (exact) mass is 478 g/mol. The lowest BCUT2D eigenvalue weighted by Gasteiger charge is -2.34. The Morgan fingerprint density at radius 2 is 2.14 bits per heavy atom. The first-order valence-electron chi connectivity index (χ1n) is 11.9. The van der Waals surface area contributed by atoms with Gasteiger partial charge >= 0.3 is 6.01 Å². The minimum atomic E-state index is -0.321. The molecule has 2 fully saturated rings. The van der Waals surface area contributed by atoms with Crippen molar-refractivity contribution in [3.8, 4) is 6.01 Å². The predicted octanol–water partition coefficient (Wildman–Crippen LogP) is 4.22. The molecule has 0 amide bonds. The number of amidine groups is 1. The first-order valence-corrected chi connectivity index (χ1v) is 11.9. The van der Waals surface area contributed by atoms with Gasteiger partial charge in [-0.15, -0.1) is 0 Å². The van der Waals surface area contributed by atoms with Gasteiger partial charge in [0.05, 0.1) is 22.8 Å². The van der Waals surface area contributed by atoms with Crippen LogP contribution in [0.3, 0.4) is 0 Å². The molecule has 5 rings (SSSR count). The molecule has 35 heavy (non-hydrogen) atoms. The zero-order valence-electron chi connectivity index (χ0n) is 20.4. The third-order valence-corrected chi connectivity index (χ3v) is 7.37. The van der Waals surface area contributed by atoms with Crippen LogP contribution in [0.5, 0.6) is 6.01 Å². The number of ether oxygens (including phenoxy) is 1. The summed E-state index contributed by atoms with van der Waals surface area (Å²) >= 11 is 0. The number of H-pyrrole nitrogens is 1. The number of anilines is 2. The summed E-state index contributed by atoms with van der Waals surface area (Å²) in [5.74, 6) is 2.08. The van der Waals surface area contributed by atoms with Gasteiger partial charge in [-0.3, -0.25) is 0 Å². The zero-order valence-corrected chi connectivity index (χ0v) is 20.4. The van der Waals surface area contributed by atoms with Gasteiger partial charge in [-0.25, -0.2) is 14.4 Å². The Kier molecular flexibility index (Phi) is 5.92. The van der Waals surface area contributed by atoms with Crippen LogP contribution in [-0.2, 0) is 0 Å². The minimum Gasteiger partial charge on any atom is -0.427 e. The molecule has 184 valence electrons. The third-order valence-electron chi connectivity index (χ3n) is 7.37. The van der Waals surface area contributed by atoms with Crippen LogP contribution in [-0.4, -0.2) is 54.2 Å². The molecule has 1 atom stereocenters. The van der Waals surface area contributed by atoms with Crippen molar-refractivity contribution in [1.29, 1.82) is 0 Å². The van der Waals surface area contributed by atoms with Gasteiger partial charge in [-0.2, -0.15) is 9.97 Å². The highest BCUT2D eigenvalue weighted by Crippen LogP contribution is 2.59. The van der Waals surface area contributed by atoms with Gasteiger partial charge in [0.2, 0.25) is 0 Å². The average molecular weight is 479 g/mol. The zero-order chi connectivity index (χ0) is 24.7. The molecule has 3 heterocycles. The van der Waals surface area contributed by atoms with E-state index in [9.17, 15) is 4.39 Å². The van der Waals surface area contributed by atoms with E-state index in [0.717, 1.165) is 54.6 Å². The van der Waals surface area contributed by atoms with Crippen molar-refractivity contribution in [2.45, 2.75) is 33.1 Å². The summed E-state index contributed by atoms with van der Waals surface area (Å²) in [6.45, 7) is 9.44. The second-order valence-electron chi connectivity index (χ2n) is 9.47. The molecule has 1 spiro atoms. The maximum absolute atomic E-state index is 14.5. The molecule has 0 bridgehead atoms. The molecule has 1 saturated carbocycles.